The van der Waals surface area contributed by atoms with Crippen molar-refractivity contribution in [1.82, 2.24) is 10.3 Å². The summed E-state index contributed by atoms with van der Waals surface area (Å²) in [5, 5.41) is 2.70. The monoisotopic (exact) mass is 276 g/mol. The second-order valence-corrected chi connectivity index (χ2v) is 5.45. The molecule has 1 heterocycles. The van der Waals surface area contributed by atoms with Crippen molar-refractivity contribution in [3.05, 3.63) is 33.2 Å². The summed E-state index contributed by atoms with van der Waals surface area (Å²) in [5.74, 6) is -0.179. The maximum absolute atomic E-state index is 12.0. The molecule has 0 unspecified atom stereocenters. The van der Waals surface area contributed by atoms with E-state index < -0.39 is 11.5 Å². The number of aromatic nitrogens is 1. The molecule has 1 aromatic rings. The van der Waals surface area contributed by atoms with Gasteiger partial charge in [0.2, 0.25) is 0 Å². The molecular formula is C15H20N2O3. The van der Waals surface area contributed by atoms with Gasteiger partial charge in [0.05, 0.1) is 0 Å². The molecule has 0 aliphatic heterocycles. The van der Waals surface area contributed by atoms with Gasteiger partial charge in [-0.2, -0.15) is 0 Å². The molecule has 0 saturated carbocycles. The number of nitrogens with one attached hydrogen (secondary N) is 2. The standard InChI is InChI=1S/C15H20N2O3/c1-3-4-5-16-14(19)11-8-10-12(17-15(11)20)6-9(2)7-13(10)18/h8-9H,3-7H2,1-2H3,(H,16,19)(H,17,20)/t9-/m1/s1. The normalized spacial score (nSPS) is 17.7. The molecule has 5 nitrogen and oxygen atoms in total. The topological polar surface area (TPSA) is 79.0 Å². The highest BCUT2D eigenvalue weighted by Gasteiger charge is 2.25. The quantitative estimate of drug-likeness (QED) is 0.821. The minimum Gasteiger partial charge on any atom is -0.352 e. The van der Waals surface area contributed by atoms with Crippen LogP contribution in [0.3, 0.4) is 0 Å². The van der Waals surface area contributed by atoms with Crippen LogP contribution in [0.25, 0.3) is 0 Å². The minimum absolute atomic E-state index is 0.00221. The van der Waals surface area contributed by atoms with Crippen LogP contribution in [0.1, 0.15) is 59.5 Å². The lowest BCUT2D eigenvalue weighted by molar-refractivity contribution is 0.0951. The fourth-order valence-corrected chi connectivity index (χ4v) is 2.47. The predicted octanol–water partition coefficient (Wildman–Crippen LogP) is 1.67. The molecule has 2 rings (SSSR count). The van der Waals surface area contributed by atoms with E-state index in [1.807, 2.05) is 13.8 Å². The summed E-state index contributed by atoms with van der Waals surface area (Å²) < 4.78 is 0. The molecule has 20 heavy (non-hydrogen) atoms. The fraction of sp³-hybridized carbons (Fsp3) is 0.533. The van der Waals surface area contributed by atoms with E-state index in [-0.39, 0.29) is 17.3 Å². The number of carbonyl (C=O) groups excluding carboxylic acids is 2. The number of pyridine rings is 1. The van der Waals surface area contributed by atoms with Gasteiger partial charge in [0.25, 0.3) is 11.5 Å². The zero-order valence-corrected chi connectivity index (χ0v) is 11.9. The third kappa shape index (κ3) is 2.98. The van der Waals surface area contributed by atoms with Crippen LogP contribution in [0.2, 0.25) is 0 Å². The molecule has 1 aliphatic carbocycles. The zero-order chi connectivity index (χ0) is 14.7. The van der Waals surface area contributed by atoms with E-state index in [9.17, 15) is 14.4 Å². The first kappa shape index (κ1) is 14.5. The fourth-order valence-electron chi connectivity index (χ4n) is 2.47. The van der Waals surface area contributed by atoms with Crippen LogP contribution in [0.15, 0.2) is 10.9 Å². The number of H-pyrrole nitrogens is 1. The van der Waals surface area contributed by atoms with Crippen LogP contribution >= 0.6 is 0 Å². The number of ketones is 1. The van der Waals surface area contributed by atoms with E-state index in [0.29, 0.717) is 30.6 Å². The summed E-state index contributed by atoms with van der Waals surface area (Å²) in [5.41, 5.74) is 0.759. The molecule has 2 N–H and O–H groups in total. The molecule has 0 fully saturated rings. The molecule has 1 atom stereocenters. The summed E-state index contributed by atoms with van der Waals surface area (Å²) in [6.45, 7) is 4.54. The number of Topliss-reactive ketones (excluding diaryl/α,β-unsaturated/α-hetero) is 1. The van der Waals surface area contributed by atoms with Crippen LogP contribution < -0.4 is 10.9 Å². The van der Waals surface area contributed by atoms with Gasteiger partial charge in [-0.1, -0.05) is 20.3 Å². The minimum atomic E-state index is -0.417. The maximum atomic E-state index is 12.0. The highest BCUT2D eigenvalue weighted by Crippen LogP contribution is 2.23. The molecule has 0 saturated heterocycles. The van der Waals surface area contributed by atoms with E-state index in [2.05, 4.69) is 10.3 Å². The van der Waals surface area contributed by atoms with Crippen LogP contribution in [0.4, 0.5) is 0 Å². The third-order valence-electron chi connectivity index (χ3n) is 3.57. The smallest absolute Gasteiger partial charge is 0.261 e. The lowest BCUT2D eigenvalue weighted by atomic mass is 9.86. The molecular weight excluding hydrogens is 256 g/mol. The van der Waals surface area contributed by atoms with Gasteiger partial charge in [0.1, 0.15) is 5.56 Å². The van der Waals surface area contributed by atoms with Gasteiger partial charge in [0.15, 0.2) is 5.78 Å². The van der Waals surface area contributed by atoms with Crippen molar-refractivity contribution < 1.29 is 9.59 Å². The Kier molecular flexibility index (Phi) is 4.37. The van der Waals surface area contributed by atoms with Crippen molar-refractivity contribution in [2.45, 2.75) is 39.5 Å². The van der Waals surface area contributed by atoms with Crippen LogP contribution in [-0.2, 0) is 6.42 Å². The Balaban J connectivity index is 2.28. The summed E-state index contributed by atoms with van der Waals surface area (Å²) in [7, 11) is 0. The number of amides is 1. The van der Waals surface area contributed by atoms with Gasteiger partial charge in [-0.05, 0) is 24.8 Å². The molecule has 0 radical (unpaired) electrons. The highest BCUT2D eigenvalue weighted by molar-refractivity contribution is 6.01. The van der Waals surface area contributed by atoms with E-state index in [1.165, 1.54) is 6.07 Å². The van der Waals surface area contributed by atoms with Crippen molar-refractivity contribution in [3.63, 3.8) is 0 Å². The first-order valence-electron chi connectivity index (χ1n) is 7.10. The van der Waals surface area contributed by atoms with Crippen LogP contribution in [0.5, 0.6) is 0 Å². The number of hydrogen-bond acceptors (Lipinski definition) is 3. The Morgan fingerprint density at radius 2 is 2.15 bits per heavy atom. The van der Waals surface area contributed by atoms with E-state index in [0.717, 1.165) is 12.8 Å². The summed E-state index contributed by atoms with van der Waals surface area (Å²) >= 11 is 0. The van der Waals surface area contributed by atoms with Crippen molar-refractivity contribution in [1.29, 1.82) is 0 Å². The Morgan fingerprint density at radius 1 is 1.40 bits per heavy atom. The second-order valence-electron chi connectivity index (χ2n) is 5.45. The van der Waals surface area contributed by atoms with Gasteiger partial charge in [-0.25, -0.2) is 0 Å². The number of fused-ring (bicyclic) bond motifs is 1. The number of rotatable bonds is 4. The Hall–Kier alpha value is -1.91. The Morgan fingerprint density at radius 3 is 2.85 bits per heavy atom. The van der Waals surface area contributed by atoms with Crippen molar-refractivity contribution in [2.75, 3.05) is 6.54 Å². The number of hydrogen-bond donors (Lipinski definition) is 2. The van der Waals surface area contributed by atoms with Gasteiger partial charge >= 0.3 is 0 Å². The second kappa shape index (κ2) is 6.03. The van der Waals surface area contributed by atoms with E-state index in [1.54, 1.807) is 0 Å². The molecule has 1 aromatic heterocycles. The molecule has 5 heteroatoms. The van der Waals surface area contributed by atoms with Crippen LogP contribution in [0, 0.1) is 5.92 Å². The first-order chi connectivity index (χ1) is 9.52. The summed E-state index contributed by atoms with van der Waals surface area (Å²) in [6, 6.07) is 1.45. The lowest BCUT2D eigenvalue weighted by Crippen LogP contribution is -2.33. The highest BCUT2D eigenvalue weighted by atomic mass is 16.2. The van der Waals surface area contributed by atoms with E-state index >= 15 is 0 Å². The number of unbranched alkanes of at least 4 members (excludes halogenated alkanes) is 1. The third-order valence-corrected chi connectivity index (χ3v) is 3.57. The first-order valence-corrected chi connectivity index (χ1v) is 7.10. The molecule has 1 aliphatic rings. The average molecular weight is 276 g/mol. The molecule has 1 amide bonds. The van der Waals surface area contributed by atoms with Gasteiger partial charge < -0.3 is 10.3 Å². The van der Waals surface area contributed by atoms with Crippen molar-refractivity contribution in [3.8, 4) is 0 Å². The number of carbonyl (C=O) groups is 2. The Bertz CT molecular complexity index is 589. The largest absolute Gasteiger partial charge is 0.352 e. The summed E-state index contributed by atoms with van der Waals surface area (Å²) in [4.78, 5) is 38.6. The van der Waals surface area contributed by atoms with Crippen LogP contribution in [-0.4, -0.2) is 23.2 Å². The molecule has 0 bridgehead atoms. The van der Waals surface area contributed by atoms with Gasteiger partial charge in [-0.15, -0.1) is 0 Å². The van der Waals surface area contributed by atoms with Crippen molar-refractivity contribution in [2.24, 2.45) is 5.92 Å². The van der Waals surface area contributed by atoms with E-state index in [4.69, 9.17) is 0 Å². The van der Waals surface area contributed by atoms with Gasteiger partial charge in [0, 0.05) is 24.2 Å². The lowest BCUT2D eigenvalue weighted by Gasteiger charge is -2.20. The maximum Gasteiger partial charge on any atom is 0.261 e. The Labute approximate surface area is 117 Å². The zero-order valence-electron chi connectivity index (χ0n) is 11.9. The molecule has 108 valence electrons. The molecule has 0 aromatic carbocycles. The van der Waals surface area contributed by atoms with Gasteiger partial charge in [-0.3, -0.25) is 14.4 Å². The number of aromatic amines is 1. The average Bonchev–Trinajstić information content (AvgIpc) is 2.37. The summed E-state index contributed by atoms with van der Waals surface area (Å²) in [6.07, 6.45) is 2.98. The molecule has 0 spiro atoms. The SMILES string of the molecule is CCCCNC(=O)c1cc2c([nH]c1=O)C[C@@H](C)CC2=O. The van der Waals surface area contributed by atoms with Crippen molar-refractivity contribution >= 4 is 11.7 Å². The predicted molar refractivity (Wildman–Crippen MR) is 76.1 cm³/mol.